The molecule has 0 radical (unpaired) electrons. The average Bonchev–Trinajstić information content (AvgIpc) is 2.93. The number of fused-ring (bicyclic) bond motifs is 8. The summed E-state index contributed by atoms with van der Waals surface area (Å²) in [6.07, 6.45) is 2.19. The van der Waals surface area contributed by atoms with Crippen LogP contribution in [-0.2, 0) is 7.05 Å². The number of aryl methyl sites for hydroxylation is 2. The van der Waals surface area contributed by atoms with Crippen molar-refractivity contribution in [2.24, 2.45) is 7.05 Å². The Morgan fingerprint density at radius 3 is 2.16 bits per heavy atom. The fraction of sp³-hybridized carbons (Fsp3) is 0.0690. The van der Waals surface area contributed by atoms with Gasteiger partial charge in [-0.25, -0.2) is 4.57 Å². The summed E-state index contributed by atoms with van der Waals surface area (Å²) in [5, 5.41) is 9.08. The zero-order valence-corrected chi connectivity index (χ0v) is 17.6. The Morgan fingerprint density at radius 1 is 0.613 bits per heavy atom. The molecule has 7 rings (SSSR count). The number of benzene rings is 4. The van der Waals surface area contributed by atoms with Crippen molar-refractivity contribution in [1.29, 1.82) is 0 Å². The molecule has 0 saturated carbocycles. The smallest absolute Gasteiger partial charge is 0.224 e. The van der Waals surface area contributed by atoms with Crippen LogP contribution in [0.2, 0.25) is 0 Å². The van der Waals surface area contributed by atoms with Crippen LogP contribution in [0.4, 0.5) is 0 Å². The maximum Gasteiger partial charge on any atom is 0.224 e. The number of rotatable bonds is 0. The first kappa shape index (κ1) is 16.8. The molecule has 5 aromatic rings. The molecule has 0 aliphatic carbocycles. The molecule has 0 saturated heterocycles. The lowest BCUT2D eigenvalue weighted by Gasteiger charge is -2.20. The number of pyridine rings is 2. The monoisotopic (exact) mass is 397 g/mol. The van der Waals surface area contributed by atoms with Gasteiger partial charge in [0.15, 0.2) is 6.20 Å². The van der Waals surface area contributed by atoms with E-state index in [1.807, 2.05) is 0 Å². The molecule has 146 valence electrons. The quantitative estimate of drug-likeness (QED) is 0.151. The van der Waals surface area contributed by atoms with E-state index in [1.165, 1.54) is 65.5 Å². The van der Waals surface area contributed by atoms with E-state index in [-0.39, 0.29) is 0 Å². The number of hydrogen-bond donors (Lipinski definition) is 0. The van der Waals surface area contributed by atoms with Gasteiger partial charge in [0.25, 0.3) is 0 Å². The zero-order chi connectivity index (χ0) is 20.7. The molecule has 0 amide bonds. The maximum absolute atomic E-state index is 2.50. The number of hydrogen-bond acceptors (Lipinski definition) is 0. The number of nitrogens with zero attached hydrogens (tertiary/aromatic N) is 2. The standard InChI is InChI=1S/C29H21N2/c1-18-8-7-13-25-26(18)29-27-19(16-17-30(29)2)14-15-23-21-10-4-3-9-20(21)22-11-5-6-12-24(22)31(25)28(23)27/h3-17H,1-2H3/q+1. The third-order valence-electron chi connectivity index (χ3n) is 6.88. The SMILES string of the molecule is Cc1cccc2c1c1c3c4c(ccc3cc[n+]1C)c1ccccc1c1ccccc1n2-4. The van der Waals surface area contributed by atoms with Crippen LogP contribution in [-0.4, -0.2) is 4.57 Å². The summed E-state index contributed by atoms with van der Waals surface area (Å²) in [6, 6.07) is 31.2. The van der Waals surface area contributed by atoms with E-state index < -0.39 is 0 Å². The van der Waals surface area contributed by atoms with Crippen molar-refractivity contribution in [1.82, 2.24) is 4.57 Å². The van der Waals surface area contributed by atoms with Gasteiger partial charge in [0.05, 0.1) is 27.5 Å². The van der Waals surface area contributed by atoms with Crippen LogP contribution < -0.4 is 4.57 Å². The molecular weight excluding hydrogens is 376 g/mol. The van der Waals surface area contributed by atoms with Crippen LogP contribution in [0, 0.1) is 6.92 Å². The molecule has 2 aliphatic heterocycles. The van der Waals surface area contributed by atoms with Gasteiger partial charge in [-0.15, -0.1) is 0 Å². The van der Waals surface area contributed by atoms with E-state index >= 15 is 0 Å². The minimum Gasteiger partial charge on any atom is -0.307 e. The van der Waals surface area contributed by atoms with E-state index in [0.29, 0.717) is 0 Å². The van der Waals surface area contributed by atoms with Gasteiger partial charge in [0.2, 0.25) is 5.52 Å². The molecule has 0 unspecified atom stereocenters. The third kappa shape index (κ3) is 2.04. The van der Waals surface area contributed by atoms with Crippen molar-refractivity contribution in [3.8, 4) is 5.69 Å². The first-order valence-corrected chi connectivity index (χ1v) is 10.8. The Hall–Kier alpha value is -3.91. The summed E-state index contributed by atoms with van der Waals surface area (Å²) >= 11 is 0. The Labute approximate surface area is 179 Å². The van der Waals surface area contributed by atoms with Gasteiger partial charge in [-0.05, 0) is 40.8 Å². The van der Waals surface area contributed by atoms with E-state index in [9.17, 15) is 0 Å². The largest absolute Gasteiger partial charge is 0.307 e. The molecule has 2 nitrogen and oxygen atoms in total. The fourth-order valence-corrected chi connectivity index (χ4v) is 5.56. The first-order chi connectivity index (χ1) is 15.2. The molecular formula is C29H21N2+. The van der Waals surface area contributed by atoms with Crippen molar-refractivity contribution < 1.29 is 4.57 Å². The van der Waals surface area contributed by atoms with Crippen LogP contribution in [0.15, 0.2) is 91.1 Å². The Bertz CT molecular complexity index is 1770. The van der Waals surface area contributed by atoms with Crippen molar-refractivity contribution in [2.75, 3.05) is 0 Å². The van der Waals surface area contributed by atoms with Crippen LogP contribution in [0.1, 0.15) is 5.56 Å². The second kappa shape index (κ2) is 5.83. The van der Waals surface area contributed by atoms with Gasteiger partial charge >= 0.3 is 0 Å². The first-order valence-electron chi connectivity index (χ1n) is 10.8. The molecule has 0 atom stereocenters. The zero-order valence-electron chi connectivity index (χ0n) is 17.6. The summed E-state index contributed by atoms with van der Waals surface area (Å²) in [4.78, 5) is 0. The van der Waals surface area contributed by atoms with E-state index in [4.69, 9.17) is 0 Å². The van der Waals surface area contributed by atoms with Crippen molar-refractivity contribution in [3.63, 3.8) is 0 Å². The summed E-state index contributed by atoms with van der Waals surface area (Å²) in [7, 11) is 2.17. The average molecular weight is 398 g/mol. The van der Waals surface area contributed by atoms with Gasteiger partial charge in [-0.3, -0.25) is 0 Å². The molecule has 4 aromatic carbocycles. The second-order valence-electron chi connectivity index (χ2n) is 8.57. The lowest BCUT2D eigenvalue weighted by Crippen LogP contribution is -2.29. The van der Waals surface area contributed by atoms with E-state index in [2.05, 4.69) is 114 Å². The van der Waals surface area contributed by atoms with Crippen molar-refractivity contribution >= 4 is 54.3 Å². The highest BCUT2D eigenvalue weighted by Crippen LogP contribution is 2.43. The molecule has 0 bridgehead atoms. The number of aromatic nitrogens is 2. The maximum atomic E-state index is 2.50. The molecule has 0 fully saturated rings. The predicted octanol–water partition coefficient (Wildman–Crippen LogP) is 6.81. The van der Waals surface area contributed by atoms with Crippen molar-refractivity contribution in [3.05, 3.63) is 96.7 Å². The van der Waals surface area contributed by atoms with E-state index in [0.717, 1.165) is 0 Å². The highest BCUT2D eigenvalue weighted by molar-refractivity contribution is 6.24. The summed E-state index contributed by atoms with van der Waals surface area (Å²) in [5.41, 5.74) is 6.39. The van der Waals surface area contributed by atoms with Crippen LogP contribution in [0.25, 0.3) is 59.9 Å². The minimum atomic E-state index is 1.24. The molecule has 0 spiro atoms. The molecule has 31 heavy (non-hydrogen) atoms. The summed E-state index contributed by atoms with van der Waals surface area (Å²) in [6.45, 7) is 2.23. The normalized spacial score (nSPS) is 12.2. The van der Waals surface area contributed by atoms with E-state index in [1.54, 1.807) is 0 Å². The van der Waals surface area contributed by atoms with Gasteiger partial charge in [-0.2, -0.15) is 0 Å². The number of para-hydroxylation sites is 1. The predicted molar refractivity (Wildman–Crippen MR) is 130 cm³/mol. The third-order valence-corrected chi connectivity index (χ3v) is 6.88. The Morgan fingerprint density at radius 2 is 1.32 bits per heavy atom. The highest BCUT2D eigenvalue weighted by atomic mass is 15.0. The lowest BCUT2D eigenvalue weighted by atomic mass is 9.97. The van der Waals surface area contributed by atoms with Crippen LogP contribution in [0.3, 0.4) is 0 Å². The minimum absolute atomic E-state index is 1.24. The van der Waals surface area contributed by atoms with Gasteiger partial charge in [0.1, 0.15) is 7.05 Å². The summed E-state index contributed by atoms with van der Waals surface area (Å²) < 4.78 is 4.79. The van der Waals surface area contributed by atoms with Crippen molar-refractivity contribution in [2.45, 2.75) is 6.92 Å². The van der Waals surface area contributed by atoms with Gasteiger partial charge in [-0.1, -0.05) is 66.7 Å². The Balaban J connectivity index is 2.02. The topological polar surface area (TPSA) is 8.81 Å². The fourth-order valence-electron chi connectivity index (χ4n) is 5.56. The highest BCUT2D eigenvalue weighted by Gasteiger charge is 2.25. The molecule has 0 N–H and O–H groups in total. The molecule has 1 aromatic heterocycles. The second-order valence-corrected chi connectivity index (χ2v) is 8.57. The van der Waals surface area contributed by atoms with Crippen LogP contribution >= 0.6 is 0 Å². The summed E-state index contributed by atoms with van der Waals surface area (Å²) in [5.74, 6) is 0. The van der Waals surface area contributed by atoms with Crippen LogP contribution in [0.5, 0.6) is 0 Å². The molecule has 2 heteroatoms. The Kier molecular flexibility index (Phi) is 3.17. The molecule has 2 aliphatic rings. The van der Waals surface area contributed by atoms with Gasteiger partial charge < -0.3 is 4.57 Å². The molecule has 3 heterocycles. The lowest BCUT2D eigenvalue weighted by molar-refractivity contribution is -0.643. The van der Waals surface area contributed by atoms with Gasteiger partial charge in [0, 0.05) is 16.8 Å².